The third kappa shape index (κ3) is 5.62. The molecule has 29 heavy (non-hydrogen) atoms. The van der Waals surface area contributed by atoms with Gasteiger partial charge in [-0.3, -0.25) is 14.9 Å². The first-order chi connectivity index (χ1) is 13.9. The number of carbonyl (C=O) groups excluding carboxylic acids is 1. The van der Waals surface area contributed by atoms with E-state index in [1.807, 2.05) is 30.3 Å². The van der Waals surface area contributed by atoms with Crippen LogP contribution in [0.25, 0.3) is 0 Å². The lowest BCUT2D eigenvalue weighted by Gasteiger charge is -2.34. The molecule has 1 saturated heterocycles. The van der Waals surface area contributed by atoms with Crippen molar-refractivity contribution in [3.63, 3.8) is 0 Å². The second-order valence-corrected chi connectivity index (χ2v) is 7.59. The van der Waals surface area contributed by atoms with Gasteiger partial charge in [-0.1, -0.05) is 30.3 Å². The second kappa shape index (κ2) is 9.62. The number of aryl methyl sites for hydroxylation is 1. The molecule has 1 heterocycles. The smallest absolute Gasteiger partial charge is 0.269 e. The molecule has 2 aromatic rings. The Labute approximate surface area is 170 Å². The predicted molar refractivity (Wildman–Crippen MR) is 112 cm³/mol. The summed E-state index contributed by atoms with van der Waals surface area (Å²) in [7, 11) is 0. The minimum atomic E-state index is -0.447. The van der Waals surface area contributed by atoms with Gasteiger partial charge in [0.05, 0.1) is 11.0 Å². The van der Waals surface area contributed by atoms with Crippen molar-refractivity contribution in [2.75, 3.05) is 25.0 Å². The van der Waals surface area contributed by atoms with E-state index in [-0.39, 0.29) is 17.5 Å². The van der Waals surface area contributed by atoms with E-state index in [0.29, 0.717) is 24.2 Å². The molecule has 0 aliphatic carbocycles. The highest BCUT2D eigenvalue weighted by Crippen LogP contribution is 2.30. The third-order valence-corrected chi connectivity index (χ3v) is 5.57. The van der Waals surface area contributed by atoms with Gasteiger partial charge in [-0.15, -0.1) is 0 Å². The van der Waals surface area contributed by atoms with Crippen molar-refractivity contribution >= 4 is 17.3 Å². The maximum atomic E-state index is 12.3. The van der Waals surface area contributed by atoms with Crippen molar-refractivity contribution in [3.05, 3.63) is 69.8 Å². The number of aliphatic hydroxyl groups excluding tert-OH is 1. The number of anilines is 1. The minimum Gasteiger partial charge on any atom is -0.388 e. The van der Waals surface area contributed by atoms with E-state index in [9.17, 15) is 20.0 Å². The Morgan fingerprint density at radius 2 is 1.93 bits per heavy atom. The largest absolute Gasteiger partial charge is 0.388 e. The van der Waals surface area contributed by atoms with Crippen LogP contribution in [0.2, 0.25) is 0 Å². The summed E-state index contributed by atoms with van der Waals surface area (Å²) in [4.78, 5) is 24.9. The zero-order chi connectivity index (χ0) is 20.8. The van der Waals surface area contributed by atoms with Crippen molar-refractivity contribution in [1.82, 2.24) is 4.90 Å². The van der Waals surface area contributed by atoms with Gasteiger partial charge in [-0.2, -0.15) is 0 Å². The Morgan fingerprint density at radius 1 is 1.24 bits per heavy atom. The van der Waals surface area contributed by atoms with Crippen molar-refractivity contribution in [1.29, 1.82) is 0 Å². The molecule has 1 fully saturated rings. The van der Waals surface area contributed by atoms with Crippen LogP contribution in [0.4, 0.5) is 11.4 Å². The van der Waals surface area contributed by atoms with E-state index in [1.54, 1.807) is 13.0 Å². The summed E-state index contributed by atoms with van der Waals surface area (Å²) in [6, 6.07) is 14.2. The summed E-state index contributed by atoms with van der Waals surface area (Å²) >= 11 is 0. The molecule has 2 aromatic carbocycles. The lowest BCUT2D eigenvalue weighted by atomic mass is 9.87. The molecule has 1 aliphatic rings. The number of piperidine rings is 1. The molecule has 0 radical (unpaired) electrons. The van der Waals surface area contributed by atoms with Crippen LogP contribution >= 0.6 is 0 Å². The molecule has 1 amide bonds. The van der Waals surface area contributed by atoms with Gasteiger partial charge in [0.15, 0.2) is 0 Å². The number of amides is 1. The first kappa shape index (κ1) is 21.0. The number of aliphatic hydroxyl groups is 1. The molecule has 1 aliphatic heterocycles. The Hall–Kier alpha value is -2.77. The Bertz CT molecular complexity index is 848. The lowest BCUT2D eigenvalue weighted by Crippen LogP contribution is -2.37. The number of carbonyl (C=O) groups is 1. The van der Waals surface area contributed by atoms with Crippen LogP contribution in [0.3, 0.4) is 0 Å². The summed E-state index contributed by atoms with van der Waals surface area (Å²) in [6.07, 6.45) is 1.73. The number of hydrogen-bond donors (Lipinski definition) is 2. The summed E-state index contributed by atoms with van der Waals surface area (Å²) in [5, 5.41) is 24.2. The number of nitro groups is 1. The maximum absolute atomic E-state index is 12.3. The molecule has 154 valence electrons. The van der Waals surface area contributed by atoms with Gasteiger partial charge >= 0.3 is 0 Å². The van der Waals surface area contributed by atoms with Gasteiger partial charge in [0.25, 0.3) is 5.69 Å². The van der Waals surface area contributed by atoms with Gasteiger partial charge in [-0.05, 0) is 56.0 Å². The average molecular weight is 397 g/mol. The van der Waals surface area contributed by atoms with Crippen molar-refractivity contribution < 1.29 is 14.8 Å². The Morgan fingerprint density at radius 3 is 2.55 bits per heavy atom. The molecule has 0 aromatic heterocycles. The van der Waals surface area contributed by atoms with Crippen LogP contribution < -0.4 is 5.32 Å². The number of nitrogens with one attached hydrogen (secondary N) is 1. The van der Waals surface area contributed by atoms with E-state index in [2.05, 4.69) is 10.2 Å². The van der Waals surface area contributed by atoms with Crippen LogP contribution in [0.15, 0.2) is 48.5 Å². The van der Waals surface area contributed by atoms with Gasteiger partial charge in [0, 0.05) is 30.8 Å². The number of non-ortho nitro benzene ring substituents is 1. The number of hydrogen-bond acceptors (Lipinski definition) is 5. The predicted octanol–water partition coefficient (Wildman–Crippen LogP) is 3.68. The zero-order valence-corrected chi connectivity index (χ0v) is 16.6. The molecule has 0 bridgehead atoms. The second-order valence-electron chi connectivity index (χ2n) is 7.59. The minimum absolute atomic E-state index is 0.0149. The van der Waals surface area contributed by atoms with Gasteiger partial charge in [-0.25, -0.2) is 0 Å². The standard InChI is InChI=1S/C22H27N3O4/c1-16-15-19(25(28)29)7-8-20(16)23-21(26)11-14-24-12-9-18(10-13-24)22(27)17-5-3-2-4-6-17/h2-8,15,18,22,27H,9-14H2,1H3,(H,23,26). The lowest BCUT2D eigenvalue weighted by molar-refractivity contribution is -0.384. The first-order valence-corrected chi connectivity index (χ1v) is 9.94. The monoisotopic (exact) mass is 397 g/mol. The number of nitro benzene ring substituents is 1. The zero-order valence-electron chi connectivity index (χ0n) is 16.6. The molecule has 1 unspecified atom stereocenters. The van der Waals surface area contributed by atoms with Crippen LogP contribution in [0, 0.1) is 23.0 Å². The molecule has 0 spiro atoms. The third-order valence-electron chi connectivity index (χ3n) is 5.57. The van der Waals surface area contributed by atoms with Crippen molar-refractivity contribution in [2.24, 2.45) is 5.92 Å². The normalized spacial score (nSPS) is 16.3. The Balaban J connectivity index is 1.43. The highest BCUT2D eigenvalue weighted by atomic mass is 16.6. The molecular weight excluding hydrogens is 370 g/mol. The maximum Gasteiger partial charge on any atom is 0.269 e. The van der Waals surface area contributed by atoms with Gasteiger partial charge < -0.3 is 15.3 Å². The molecule has 7 nitrogen and oxygen atoms in total. The molecule has 3 rings (SSSR count). The van der Waals surface area contributed by atoms with Crippen LogP contribution in [0.1, 0.15) is 36.5 Å². The first-order valence-electron chi connectivity index (χ1n) is 9.94. The van der Waals surface area contributed by atoms with Crippen LogP contribution in [-0.2, 0) is 4.79 Å². The Kier molecular flexibility index (Phi) is 6.95. The summed E-state index contributed by atoms with van der Waals surface area (Å²) in [6.45, 7) is 4.12. The van der Waals surface area contributed by atoms with E-state index < -0.39 is 11.0 Å². The summed E-state index contributed by atoms with van der Waals surface area (Å²) in [5.41, 5.74) is 2.25. The SMILES string of the molecule is Cc1cc([N+](=O)[O-])ccc1NC(=O)CCN1CCC(C(O)c2ccccc2)CC1. The topological polar surface area (TPSA) is 95.7 Å². The average Bonchev–Trinajstić information content (AvgIpc) is 2.74. The highest BCUT2D eigenvalue weighted by molar-refractivity contribution is 5.91. The fourth-order valence-corrected chi connectivity index (χ4v) is 3.79. The number of nitrogens with zero attached hydrogens (tertiary/aromatic N) is 2. The number of likely N-dealkylation sites (tertiary alicyclic amines) is 1. The van der Waals surface area contributed by atoms with Crippen molar-refractivity contribution in [2.45, 2.75) is 32.3 Å². The van der Waals surface area contributed by atoms with E-state index in [0.717, 1.165) is 31.5 Å². The van der Waals surface area contributed by atoms with Crippen LogP contribution in [-0.4, -0.2) is 40.5 Å². The molecular formula is C22H27N3O4. The molecule has 2 N–H and O–H groups in total. The van der Waals surface area contributed by atoms with E-state index in [1.165, 1.54) is 12.1 Å². The van der Waals surface area contributed by atoms with Crippen molar-refractivity contribution in [3.8, 4) is 0 Å². The number of rotatable bonds is 7. The van der Waals surface area contributed by atoms with E-state index in [4.69, 9.17) is 0 Å². The summed E-state index contributed by atoms with van der Waals surface area (Å²) < 4.78 is 0. The number of benzene rings is 2. The van der Waals surface area contributed by atoms with E-state index >= 15 is 0 Å². The molecule has 1 atom stereocenters. The highest BCUT2D eigenvalue weighted by Gasteiger charge is 2.26. The molecule has 7 heteroatoms. The van der Waals surface area contributed by atoms with Gasteiger partial charge in [0.1, 0.15) is 0 Å². The quantitative estimate of drug-likeness (QED) is 0.549. The fourth-order valence-electron chi connectivity index (χ4n) is 3.79. The van der Waals surface area contributed by atoms with Gasteiger partial charge in [0.2, 0.25) is 5.91 Å². The summed E-state index contributed by atoms with van der Waals surface area (Å²) in [5.74, 6) is 0.138. The van der Waals surface area contributed by atoms with Crippen LogP contribution in [0.5, 0.6) is 0 Å². The molecule has 0 saturated carbocycles. The fraction of sp³-hybridized carbons (Fsp3) is 0.409.